The molecule has 8 aromatic carbocycles. The predicted octanol–water partition coefficient (Wildman–Crippen LogP) is 14.9. The Hall–Kier alpha value is -6.90. The van der Waals surface area contributed by atoms with E-state index in [4.69, 9.17) is 9.97 Å². The maximum Gasteiger partial charge on any atom is 0.160 e. The fraction of sp³-hybridized carbons (Fsp3) is 0.107. The largest absolute Gasteiger partial charge is 0.228 e. The van der Waals surface area contributed by atoms with E-state index in [9.17, 15) is 0 Å². The van der Waals surface area contributed by atoms with Crippen molar-refractivity contribution in [1.82, 2.24) is 9.97 Å². The molecule has 2 nitrogen and oxygen atoms in total. The van der Waals surface area contributed by atoms with Crippen molar-refractivity contribution >= 4 is 10.8 Å². The van der Waals surface area contributed by atoms with E-state index in [1.807, 2.05) is 18.2 Å². The van der Waals surface area contributed by atoms with Crippen molar-refractivity contribution in [2.24, 2.45) is 0 Å². The van der Waals surface area contributed by atoms with Gasteiger partial charge in [-0.25, -0.2) is 9.97 Å². The van der Waals surface area contributed by atoms with Crippen LogP contribution in [0, 0.1) is 0 Å². The molecule has 0 saturated heterocycles. The van der Waals surface area contributed by atoms with Crippen LogP contribution in [-0.2, 0) is 5.41 Å². The molecule has 0 aliphatic heterocycles. The summed E-state index contributed by atoms with van der Waals surface area (Å²) in [7, 11) is 0. The van der Waals surface area contributed by atoms with Crippen molar-refractivity contribution in [2.45, 2.75) is 37.5 Å². The van der Waals surface area contributed by atoms with Crippen molar-refractivity contribution in [3.63, 3.8) is 0 Å². The van der Waals surface area contributed by atoms with Crippen LogP contribution in [0.2, 0.25) is 0 Å². The minimum absolute atomic E-state index is 0.114. The van der Waals surface area contributed by atoms with Crippen LogP contribution in [-0.4, -0.2) is 9.97 Å². The molecule has 0 N–H and O–H groups in total. The first-order valence-electron chi connectivity index (χ1n) is 20.7. The van der Waals surface area contributed by atoms with Crippen molar-refractivity contribution in [3.8, 4) is 78.4 Å². The van der Waals surface area contributed by atoms with Crippen molar-refractivity contribution in [1.29, 1.82) is 0 Å². The summed E-state index contributed by atoms with van der Waals surface area (Å²) in [5.74, 6) is 0.718. The quantitative estimate of drug-likeness (QED) is 0.170. The summed E-state index contributed by atoms with van der Waals surface area (Å²) in [6, 6.07) is 70.5. The molecule has 2 heteroatoms. The summed E-state index contributed by atoms with van der Waals surface area (Å²) >= 11 is 0. The molecule has 0 radical (unpaired) electrons. The van der Waals surface area contributed by atoms with Gasteiger partial charge in [0.15, 0.2) is 5.82 Å². The Morgan fingerprint density at radius 1 is 0.328 bits per heavy atom. The highest BCUT2D eigenvalue weighted by molar-refractivity contribution is 5.99. The second-order valence-corrected chi connectivity index (χ2v) is 16.0. The molecule has 1 heterocycles. The first-order valence-corrected chi connectivity index (χ1v) is 20.7. The summed E-state index contributed by atoms with van der Waals surface area (Å²) in [5, 5.41) is 2.67. The highest BCUT2D eigenvalue weighted by Crippen LogP contribution is 2.58. The number of benzene rings is 8. The van der Waals surface area contributed by atoms with Crippen LogP contribution < -0.4 is 0 Å². The van der Waals surface area contributed by atoms with Crippen LogP contribution in [0.4, 0.5) is 0 Å². The van der Waals surface area contributed by atoms with E-state index in [2.05, 4.69) is 176 Å². The fourth-order valence-electron chi connectivity index (χ4n) is 9.79. The van der Waals surface area contributed by atoms with Crippen LogP contribution in [0.1, 0.15) is 43.2 Å². The standard InChI is InChI=1S/C56H42N2/c1-4-14-38(15-5-1)44-20-12-21-47(34-44)53-37-52(57-55(58-53)43-16-6-2-7-17-43)42-30-26-40(27-31-42)39-24-28-41(29-25-39)48-22-13-23-50-54(48)49-35-45-18-8-9-19-46(45)36-51(49)56(50)32-10-3-11-33-56/h1-2,4-9,12-31,34-37H,3,10-11,32-33H2. The van der Waals surface area contributed by atoms with Crippen LogP contribution in [0.5, 0.6) is 0 Å². The number of aromatic nitrogens is 2. The molecule has 1 saturated carbocycles. The third kappa shape index (κ3) is 5.96. The van der Waals surface area contributed by atoms with Crippen LogP contribution in [0.3, 0.4) is 0 Å². The summed E-state index contributed by atoms with van der Waals surface area (Å²) < 4.78 is 0. The third-order valence-electron chi connectivity index (χ3n) is 12.7. The van der Waals surface area contributed by atoms with E-state index < -0.39 is 0 Å². The first kappa shape index (κ1) is 34.4. The molecule has 1 spiro atoms. The van der Waals surface area contributed by atoms with Gasteiger partial charge >= 0.3 is 0 Å². The van der Waals surface area contributed by atoms with Gasteiger partial charge in [-0.2, -0.15) is 0 Å². The number of hydrogen-bond acceptors (Lipinski definition) is 2. The lowest BCUT2D eigenvalue weighted by molar-refractivity contribution is 0.353. The molecule has 11 rings (SSSR count). The maximum absolute atomic E-state index is 5.11. The lowest BCUT2D eigenvalue weighted by Gasteiger charge is -2.36. The molecular formula is C56H42N2. The summed E-state index contributed by atoms with van der Waals surface area (Å²) in [5.41, 5.74) is 18.3. The smallest absolute Gasteiger partial charge is 0.160 e. The molecule has 0 atom stereocenters. The number of nitrogens with zero attached hydrogens (tertiary/aromatic N) is 2. The van der Waals surface area contributed by atoms with Crippen LogP contribution in [0.25, 0.3) is 89.2 Å². The number of fused-ring (bicyclic) bond motifs is 6. The van der Waals surface area contributed by atoms with E-state index in [0.29, 0.717) is 0 Å². The maximum atomic E-state index is 5.11. The Labute approximate surface area is 340 Å². The van der Waals surface area contributed by atoms with Gasteiger partial charge in [-0.3, -0.25) is 0 Å². The Kier molecular flexibility index (Phi) is 8.43. The van der Waals surface area contributed by atoms with Gasteiger partial charge in [0.25, 0.3) is 0 Å². The van der Waals surface area contributed by atoms with Crippen molar-refractivity contribution in [3.05, 3.63) is 205 Å². The predicted molar refractivity (Wildman–Crippen MR) is 241 cm³/mol. The Balaban J connectivity index is 0.935. The summed E-state index contributed by atoms with van der Waals surface area (Å²) in [6.07, 6.45) is 6.38. The topological polar surface area (TPSA) is 25.8 Å². The Morgan fingerprint density at radius 3 is 1.57 bits per heavy atom. The second kappa shape index (κ2) is 14.2. The molecule has 0 amide bonds. The first-order chi connectivity index (χ1) is 28.7. The normalized spacial score (nSPS) is 14.0. The molecule has 58 heavy (non-hydrogen) atoms. The molecule has 0 bridgehead atoms. The van der Waals surface area contributed by atoms with E-state index in [0.717, 1.165) is 39.5 Å². The summed E-state index contributed by atoms with van der Waals surface area (Å²) in [6.45, 7) is 0. The van der Waals surface area contributed by atoms with E-state index >= 15 is 0 Å². The molecule has 0 unspecified atom stereocenters. The van der Waals surface area contributed by atoms with E-state index in [1.165, 1.54) is 92.9 Å². The van der Waals surface area contributed by atoms with Crippen molar-refractivity contribution < 1.29 is 0 Å². The SMILES string of the molecule is c1ccc(-c2cccc(-c3cc(-c4ccc(-c5ccc(-c6cccc7c6-c6cc8ccccc8cc6C76CCCCC6)cc5)cc4)nc(-c4ccccc4)n3)c2)cc1. The number of rotatable bonds is 6. The number of hydrogen-bond donors (Lipinski definition) is 0. The average molecular weight is 743 g/mol. The van der Waals surface area contributed by atoms with Gasteiger partial charge < -0.3 is 0 Å². The van der Waals surface area contributed by atoms with Gasteiger partial charge in [-0.05, 0) is 104 Å². The highest BCUT2D eigenvalue weighted by Gasteiger charge is 2.44. The molecule has 9 aromatic rings. The minimum atomic E-state index is 0.114. The van der Waals surface area contributed by atoms with Gasteiger partial charge in [0.1, 0.15) is 0 Å². The van der Waals surface area contributed by atoms with Crippen LogP contribution in [0.15, 0.2) is 194 Å². The zero-order chi connectivity index (χ0) is 38.5. The third-order valence-corrected chi connectivity index (χ3v) is 12.7. The van der Waals surface area contributed by atoms with E-state index in [-0.39, 0.29) is 5.41 Å². The van der Waals surface area contributed by atoms with Crippen LogP contribution >= 0.6 is 0 Å². The Bertz CT molecular complexity index is 2940. The van der Waals surface area contributed by atoms with Gasteiger partial charge in [-0.1, -0.05) is 189 Å². The summed E-state index contributed by atoms with van der Waals surface area (Å²) in [4.78, 5) is 10.2. The lowest BCUT2D eigenvalue weighted by Crippen LogP contribution is -2.28. The zero-order valence-corrected chi connectivity index (χ0v) is 32.4. The Morgan fingerprint density at radius 2 is 0.862 bits per heavy atom. The lowest BCUT2D eigenvalue weighted by atomic mass is 9.67. The van der Waals surface area contributed by atoms with Crippen molar-refractivity contribution in [2.75, 3.05) is 0 Å². The highest BCUT2D eigenvalue weighted by atomic mass is 14.9. The fourth-order valence-corrected chi connectivity index (χ4v) is 9.79. The van der Waals surface area contributed by atoms with Gasteiger partial charge in [0, 0.05) is 22.1 Å². The molecule has 2 aliphatic rings. The van der Waals surface area contributed by atoms with E-state index in [1.54, 1.807) is 0 Å². The average Bonchev–Trinajstić information content (AvgIpc) is 3.56. The molecule has 1 aromatic heterocycles. The zero-order valence-electron chi connectivity index (χ0n) is 32.4. The molecule has 276 valence electrons. The molecule has 1 fully saturated rings. The second-order valence-electron chi connectivity index (χ2n) is 16.0. The minimum Gasteiger partial charge on any atom is -0.228 e. The van der Waals surface area contributed by atoms with Gasteiger partial charge in [-0.15, -0.1) is 0 Å². The molecular weight excluding hydrogens is 701 g/mol. The monoisotopic (exact) mass is 742 g/mol. The van der Waals surface area contributed by atoms with Gasteiger partial charge in [0.2, 0.25) is 0 Å². The molecule has 2 aliphatic carbocycles. The van der Waals surface area contributed by atoms with Gasteiger partial charge in [0.05, 0.1) is 11.4 Å².